The van der Waals surface area contributed by atoms with Crippen molar-refractivity contribution in [3.63, 3.8) is 0 Å². The third kappa shape index (κ3) is 12.3. The highest BCUT2D eigenvalue weighted by Crippen LogP contribution is 2.46. The molecule has 0 heterocycles. The first-order chi connectivity index (χ1) is 29.4. The standard InChI is InChI=1S/C37H52O3.C23H32O2/c1-21(25-18-29(35(5,6)7)32(38)15-22(25)2)14-28(26-19-30(36(8,9)10)33(39)16-23(26)3)27-20-31(37(11,12)13)34(40)17-24(27)4;1-14-9-16(20(24)18(11-14)22(3,4)5)13-17-10-15(2)12-19(21(17)25)23(6,7)8/h15-21,28,38-40H,14H2,1-13H3;9-12,24-25H,13H2,1-8H3. The molecule has 0 bridgehead atoms. The van der Waals surface area contributed by atoms with Crippen LogP contribution < -0.4 is 0 Å². The molecule has 0 amide bonds. The molecule has 0 saturated heterocycles. The number of rotatable bonds is 7. The zero-order valence-corrected chi connectivity index (χ0v) is 44.1. The highest BCUT2D eigenvalue weighted by atomic mass is 16.3. The van der Waals surface area contributed by atoms with E-state index >= 15 is 0 Å². The van der Waals surface area contributed by atoms with Gasteiger partial charge in [-0.2, -0.15) is 0 Å². The molecule has 5 nitrogen and oxygen atoms in total. The maximum atomic E-state index is 10.9. The molecular weight excluding hydrogens is 801 g/mol. The summed E-state index contributed by atoms with van der Waals surface area (Å²) in [5, 5.41) is 54.2. The van der Waals surface area contributed by atoms with Crippen molar-refractivity contribution >= 4 is 0 Å². The van der Waals surface area contributed by atoms with Crippen molar-refractivity contribution in [1.82, 2.24) is 0 Å². The maximum absolute atomic E-state index is 10.9. The summed E-state index contributed by atoms with van der Waals surface area (Å²) in [6.07, 6.45) is 1.37. The lowest BCUT2D eigenvalue weighted by Gasteiger charge is -2.31. The zero-order valence-electron chi connectivity index (χ0n) is 44.1. The Morgan fingerprint density at radius 3 is 0.938 bits per heavy atom. The molecule has 0 aliphatic rings. The Kier molecular flexibility index (Phi) is 15.2. The molecule has 0 aliphatic heterocycles. The summed E-state index contributed by atoms with van der Waals surface area (Å²) < 4.78 is 0. The Bertz CT molecular complexity index is 2380. The van der Waals surface area contributed by atoms with Gasteiger partial charge in [-0.15, -0.1) is 0 Å². The summed E-state index contributed by atoms with van der Waals surface area (Å²) >= 11 is 0. The molecule has 0 radical (unpaired) electrons. The second-order valence-corrected chi connectivity index (χ2v) is 24.4. The summed E-state index contributed by atoms with van der Waals surface area (Å²) in [6.45, 7) is 44.5. The Morgan fingerprint density at radius 1 is 0.369 bits per heavy atom. The number of hydrogen-bond acceptors (Lipinski definition) is 5. The second kappa shape index (κ2) is 18.8. The average Bonchev–Trinajstić information content (AvgIpc) is 3.11. The molecular formula is C60H84O5. The Hall–Kier alpha value is -4.90. The molecule has 354 valence electrons. The van der Waals surface area contributed by atoms with Gasteiger partial charge < -0.3 is 25.5 Å². The second-order valence-electron chi connectivity index (χ2n) is 24.4. The maximum Gasteiger partial charge on any atom is 0.122 e. The first-order valence-electron chi connectivity index (χ1n) is 23.6. The first kappa shape index (κ1) is 52.7. The quantitative estimate of drug-likeness (QED) is 0.112. The minimum Gasteiger partial charge on any atom is -0.508 e. The van der Waals surface area contributed by atoms with Crippen molar-refractivity contribution in [3.05, 3.63) is 144 Å². The number of phenols is 5. The molecule has 0 fully saturated rings. The molecule has 65 heavy (non-hydrogen) atoms. The first-order valence-corrected chi connectivity index (χ1v) is 23.6. The van der Waals surface area contributed by atoms with Crippen LogP contribution in [0.4, 0.5) is 0 Å². The van der Waals surface area contributed by atoms with Crippen molar-refractivity contribution in [3.8, 4) is 28.7 Å². The minimum absolute atomic E-state index is 0.0460. The molecule has 0 aromatic heterocycles. The lowest BCUT2D eigenvalue weighted by molar-refractivity contribution is 0.435. The Morgan fingerprint density at radius 2 is 0.646 bits per heavy atom. The van der Waals surface area contributed by atoms with Gasteiger partial charge in [-0.25, -0.2) is 0 Å². The summed E-state index contributed by atoms with van der Waals surface area (Å²) in [7, 11) is 0. The zero-order chi connectivity index (χ0) is 49.7. The van der Waals surface area contributed by atoms with E-state index in [1.54, 1.807) is 0 Å². The molecule has 1 atom stereocenters. The summed E-state index contributed by atoms with van der Waals surface area (Å²) in [4.78, 5) is 0. The van der Waals surface area contributed by atoms with Crippen molar-refractivity contribution in [2.75, 3.05) is 0 Å². The van der Waals surface area contributed by atoms with Gasteiger partial charge in [-0.05, 0) is 165 Å². The van der Waals surface area contributed by atoms with Crippen molar-refractivity contribution < 1.29 is 25.5 Å². The van der Waals surface area contributed by atoms with Crippen LogP contribution in [0, 0.1) is 34.6 Å². The van der Waals surface area contributed by atoms with Gasteiger partial charge in [0.15, 0.2) is 0 Å². The largest absolute Gasteiger partial charge is 0.508 e. The smallest absolute Gasteiger partial charge is 0.122 e. The predicted octanol–water partition coefficient (Wildman–Crippen LogP) is 15.8. The lowest BCUT2D eigenvalue weighted by Crippen LogP contribution is -2.17. The van der Waals surface area contributed by atoms with Gasteiger partial charge >= 0.3 is 0 Å². The van der Waals surface area contributed by atoms with Crippen LogP contribution in [0.5, 0.6) is 28.7 Å². The molecule has 0 saturated carbocycles. The summed E-state index contributed by atoms with van der Waals surface area (Å²) in [5.41, 5.74) is 14.7. The van der Waals surface area contributed by atoms with E-state index in [0.29, 0.717) is 35.2 Å². The predicted molar refractivity (Wildman–Crippen MR) is 275 cm³/mol. The molecule has 0 aliphatic carbocycles. The third-order valence-corrected chi connectivity index (χ3v) is 13.1. The highest BCUT2D eigenvalue weighted by molar-refractivity contribution is 5.55. The van der Waals surface area contributed by atoms with E-state index in [2.05, 4.69) is 176 Å². The monoisotopic (exact) mass is 885 g/mol. The van der Waals surface area contributed by atoms with Crippen molar-refractivity contribution in [2.24, 2.45) is 0 Å². The molecule has 5 aromatic rings. The number of aromatic hydroxyl groups is 5. The van der Waals surface area contributed by atoms with Crippen molar-refractivity contribution in [1.29, 1.82) is 0 Å². The number of benzene rings is 5. The van der Waals surface area contributed by atoms with Crippen LogP contribution in [0.1, 0.15) is 212 Å². The van der Waals surface area contributed by atoms with Gasteiger partial charge in [0.25, 0.3) is 0 Å². The van der Waals surface area contributed by atoms with E-state index in [1.165, 1.54) is 16.7 Å². The highest BCUT2D eigenvalue weighted by Gasteiger charge is 2.30. The van der Waals surface area contributed by atoms with Crippen LogP contribution in [-0.2, 0) is 33.5 Å². The third-order valence-electron chi connectivity index (χ3n) is 13.1. The normalized spacial score (nSPS) is 13.2. The Labute approximate surface area is 394 Å². The van der Waals surface area contributed by atoms with Gasteiger partial charge in [0.1, 0.15) is 28.7 Å². The fraction of sp³-hybridized carbons (Fsp3) is 0.500. The molecule has 1 unspecified atom stereocenters. The van der Waals surface area contributed by atoms with Crippen LogP contribution in [-0.4, -0.2) is 25.5 Å². The van der Waals surface area contributed by atoms with Crippen LogP contribution in [0.3, 0.4) is 0 Å². The molecule has 0 spiro atoms. The molecule has 5 heteroatoms. The van der Waals surface area contributed by atoms with Crippen molar-refractivity contribution in [2.45, 2.75) is 197 Å². The topological polar surface area (TPSA) is 101 Å². The van der Waals surface area contributed by atoms with E-state index in [4.69, 9.17) is 0 Å². The summed E-state index contributed by atoms with van der Waals surface area (Å²) in [6, 6.07) is 20.5. The van der Waals surface area contributed by atoms with E-state index in [-0.39, 0.29) is 38.9 Å². The van der Waals surface area contributed by atoms with Gasteiger partial charge in [-0.1, -0.05) is 164 Å². The number of aryl methyl sites for hydroxylation is 5. The lowest BCUT2D eigenvalue weighted by atomic mass is 9.74. The fourth-order valence-corrected chi connectivity index (χ4v) is 9.44. The van der Waals surface area contributed by atoms with Gasteiger partial charge in [0.05, 0.1) is 0 Å². The molecule has 5 N–H and O–H groups in total. The van der Waals surface area contributed by atoms with Crippen LogP contribution in [0.2, 0.25) is 0 Å². The molecule has 5 rings (SSSR count). The SMILES string of the molecule is Cc1cc(Cc2cc(C)cc(C(C)(C)C)c2O)c(O)c(C(C)(C)C)c1.Cc1cc(O)c(C(C)(C)C)cc1C(C)CC(c1cc(C(C)(C)C)c(O)cc1C)c1cc(C(C)(C)C)c(O)cc1C. The minimum atomic E-state index is -0.210. The van der Waals surface area contributed by atoms with E-state index < -0.39 is 0 Å². The van der Waals surface area contributed by atoms with E-state index in [0.717, 1.165) is 73.2 Å². The van der Waals surface area contributed by atoms with Crippen LogP contribution >= 0.6 is 0 Å². The van der Waals surface area contributed by atoms with E-state index in [1.807, 2.05) is 30.3 Å². The van der Waals surface area contributed by atoms with Crippen LogP contribution in [0.25, 0.3) is 0 Å². The number of phenolic OH excluding ortho intramolecular Hbond substituents is 5. The fourth-order valence-electron chi connectivity index (χ4n) is 9.44. The average molecular weight is 885 g/mol. The molecule has 5 aromatic carbocycles. The van der Waals surface area contributed by atoms with Gasteiger partial charge in [-0.3, -0.25) is 0 Å². The Balaban J connectivity index is 0.000000317. The van der Waals surface area contributed by atoms with Gasteiger partial charge in [0.2, 0.25) is 0 Å². The number of hydrogen-bond donors (Lipinski definition) is 5. The van der Waals surface area contributed by atoms with Crippen LogP contribution in [0.15, 0.2) is 60.7 Å². The van der Waals surface area contributed by atoms with Gasteiger partial charge in [0, 0.05) is 12.3 Å². The summed E-state index contributed by atoms with van der Waals surface area (Å²) in [5.74, 6) is 1.96. The van der Waals surface area contributed by atoms with E-state index in [9.17, 15) is 25.5 Å².